The monoisotopic (exact) mass is 249 g/mol. The predicted molar refractivity (Wildman–Crippen MR) is 64.5 cm³/mol. The SMILES string of the molecule is NC(=O)CCn1c(-c2ccccn2)n[nH]c1=S. The standard InChI is InChI=1S/C10H11N5OS/c11-8(16)4-6-15-9(13-14-10(15)17)7-3-1-2-5-12-7/h1-3,5H,4,6H2,(H2,11,16)(H,14,17). The number of carbonyl (C=O) groups excluding carboxylic acids is 1. The fourth-order valence-corrected chi connectivity index (χ4v) is 1.66. The molecule has 0 aliphatic carbocycles. The number of hydrogen-bond donors (Lipinski definition) is 2. The smallest absolute Gasteiger partial charge is 0.219 e. The maximum absolute atomic E-state index is 10.8. The molecule has 0 bridgehead atoms. The summed E-state index contributed by atoms with van der Waals surface area (Å²) < 4.78 is 2.16. The first kappa shape index (κ1) is 11.5. The third-order valence-electron chi connectivity index (χ3n) is 2.23. The molecule has 2 rings (SSSR count). The van der Waals surface area contributed by atoms with Crippen molar-refractivity contribution in [1.29, 1.82) is 0 Å². The number of hydrogen-bond acceptors (Lipinski definition) is 4. The zero-order valence-electron chi connectivity index (χ0n) is 8.96. The Bertz CT molecular complexity index is 574. The second kappa shape index (κ2) is 4.88. The average Bonchev–Trinajstić information content (AvgIpc) is 2.69. The molecule has 0 saturated carbocycles. The highest BCUT2D eigenvalue weighted by Gasteiger charge is 2.09. The number of nitrogens with two attached hydrogens (primary N) is 1. The molecule has 0 fully saturated rings. The maximum atomic E-state index is 10.8. The number of pyridine rings is 1. The summed E-state index contributed by atoms with van der Waals surface area (Å²) in [5.74, 6) is 0.233. The van der Waals surface area contributed by atoms with Gasteiger partial charge in [-0.15, -0.1) is 0 Å². The molecular weight excluding hydrogens is 238 g/mol. The highest BCUT2D eigenvalue weighted by atomic mass is 32.1. The van der Waals surface area contributed by atoms with Crippen molar-refractivity contribution in [2.75, 3.05) is 0 Å². The molecule has 6 nitrogen and oxygen atoms in total. The van der Waals surface area contributed by atoms with E-state index >= 15 is 0 Å². The first-order chi connectivity index (χ1) is 8.18. The fourth-order valence-electron chi connectivity index (χ4n) is 1.44. The summed E-state index contributed by atoms with van der Waals surface area (Å²) in [4.78, 5) is 15.0. The summed E-state index contributed by atoms with van der Waals surface area (Å²) in [5, 5.41) is 6.78. The van der Waals surface area contributed by atoms with Gasteiger partial charge in [-0.1, -0.05) is 6.07 Å². The van der Waals surface area contributed by atoms with E-state index in [0.717, 1.165) is 0 Å². The molecule has 2 heterocycles. The van der Waals surface area contributed by atoms with Gasteiger partial charge in [0.15, 0.2) is 10.6 Å². The maximum Gasteiger partial charge on any atom is 0.219 e. The number of nitrogens with zero attached hydrogens (tertiary/aromatic N) is 3. The molecule has 0 atom stereocenters. The van der Waals surface area contributed by atoms with Gasteiger partial charge in [-0.2, -0.15) is 5.10 Å². The topological polar surface area (TPSA) is 89.6 Å². The zero-order chi connectivity index (χ0) is 12.3. The molecular formula is C10H11N5OS. The Kier molecular flexibility index (Phi) is 3.29. The zero-order valence-corrected chi connectivity index (χ0v) is 9.78. The van der Waals surface area contributed by atoms with Gasteiger partial charge in [-0.05, 0) is 24.4 Å². The number of aromatic nitrogens is 4. The Balaban J connectivity index is 2.36. The van der Waals surface area contributed by atoms with Gasteiger partial charge in [0, 0.05) is 19.2 Å². The van der Waals surface area contributed by atoms with Gasteiger partial charge < -0.3 is 5.73 Å². The van der Waals surface area contributed by atoms with E-state index in [9.17, 15) is 4.79 Å². The summed E-state index contributed by atoms with van der Waals surface area (Å²) in [7, 11) is 0. The van der Waals surface area contributed by atoms with Crippen LogP contribution in [0.2, 0.25) is 0 Å². The van der Waals surface area contributed by atoms with Crippen molar-refractivity contribution in [2.45, 2.75) is 13.0 Å². The molecule has 7 heteroatoms. The van der Waals surface area contributed by atoms with Crippen molar-refractivity contribution in [1.82, 2.24) is 19.7 Å². The lowest BCUT2D eigenvalue weighted by atomic mass is 10.3. The largest absolute Gasteiger partial charge is 0.370 e. The summed E-state index contributed by atoms with van der Waals surface area (Å²) in [5.41, 5.74) is 5.81. The Morgan fingerprint density at radius 2 is 2.35 bits per heavy atom. The minimum atomic E-state index is -0.375. The van der Waals surface area contributed by atoms with Gasteiger partial charge in [0.25, 0.3) is 0 Å². The van der Waals surface area contributed by atoms with E-state index in [4.69, 9.17) is 18.0 Å². The number of rotatable bonds is 4. The third kappa shape index (κ3) is 2.56. The van der Waals surface area contributed by atoms with Gasteiger partial charge in [0.2, 0.25) is 5.91 Å². The Labute approximate surface area is 102 Å². The van der Waals surface area contributed by atoms with E-state index < -0.39 is 0 Å². The first-order valence-electron chi connectivity index (χ1n) is 5.03. The van der Waals surface area contributed by atoms with E-state index in [0.29, 0.717) is 22.8 Å². The molecule has 1 amide bonds. The molecule has 17 heavy (non-hydrogen) atoms. The number of primary amides is 1. The molecule has 0 aliphatic heterocycles. The van der Waals surface area contributed by atoms with E-state index in [2.05, 4.69) is 15.2 Å². The van der Waals surface area contributed by atoms with Crippen LogP contribution in [0, 0.1) is 4.77 Å². The van der Waals surface area contributed by atoms with Crippen LogP contribution < -0.4 is 5.73 Å². The molecule has 88 valence electrons. The van der Waals surface area contributed by atoms with E-state index in [1.54, 1.807) is 10.8 Å². The van der Waals surface area contributed by atoms with E-state index in [1.165, 1.54) is 0 Å². The molecule has 2 aromatic rings. The summed E-state index contributed by atoms with van der Waals surface area (Å²) in [6, 6.07) is 5.50. The van der Waals surface area contributed by atoms with Crippen LogP contribution in [0.3, 0.4) is 0 Å². The Hall–Kier alpha value is -2.02. The molecule has 3 N–H and O–H groups in total. The van der Waals surface area contributed by atoms with Crippen molar-refractivity contribution in [3.63, 3.8) is 0 Å². The van der Waals surface area contributed by atoms with E-state index in [1.807, 2.05) is 18.2 Å². The number of carbonyl (C=O) groups is 1. The van der Waals surface area contributed by atoms with Gasteiger partial charge in [0.1, 0.15) is 5.69 Å². The summed E-state index contributed by atoms with van der Waals surface area (Å²) in [6.07, 6.45) is 1.89. The average molecular weight is 249 g/mol. The van der Waals surface area contributed by atoms with Crippen molar-refractivity contribution in [3.8, 4) is 11.5 Å². The quantitative estimate of drug-likeness (QED) is 0.787. The minimum Gasteiger partial charge on any atom is -0.370 e. The van der Waals surface area contributed by atoms with Crippen LogP contribution in [0.5, 0.6) is 0 Å². The minimum absolute atomic E-state index is 0.216. The number of aromatic amines is 1. The number of amides is 1. The fraction of sp³-hybridized carbons (Fsp3) is 0.200. The second-order valence-electron chi connectivity index (χ2n) is 3.44. The van der Waals surface area contributed by atoms with Gasteiger partial charge >= 0.3 is 0 Å². The van der Waals surface area contributed by atoms with Crippen molar-refractivity contribution in [2.24, 2.45) is 5.73 Å². The van der Waals surface area contributed by atoms with Gasteiger partial charge in [-0.3, -0.25) is 19.4 Å². The highest BCUT2D eigenvalue weighted by Crippen LogP contribution is 2.13. The Morgan fingerprint density at radius 3 is 3.00 bits per heavy atom. The molecule has 0 saturated heterocycles. The normalized spacial score (nSPS) is 10.4. The van der Waals surface area contributed by atoms with Crippen molar-refractivity contribution >= 4 is 18.1 Å². The molecule has 0 spiro atoms. The van der Waals surface area contributed by atoms with Gasteiger partial charge in [-0.25, -0.2) is 0 Å². The number of H-pyrrole nitrogens is 1. The second-order valence-corrected chi connectivity index (χ2v) is 3.82. The van der Waals surface area contributed by atoms with Crippen LogP contribution in [0.15, 0.2) is 24.4 Å². The first-order valence-corrected chi connectivity index (χ1v) is 5.44. The van der Waals surface area contributed by atoms with Crippen LogP contribution in [0.1, 0.15) is 6.42 Å². The van der Waals surface area contributed by atoms with Gasteiger partial charge in [0.05, 0.1) is 0 Å². The lowest BCUT2D eigenvalue weighted by Crippen LogP contribution is -2.14. The van der Waals surface area contributed by atoms with Crippen LogP contribution in [-0.4, -0.2) is 25.7 Å². The van der Waals surface area contributed by atoms with Crippen LogP contribution >= 0.6 is 12.2 Å². The Morgan fingerprint density at radius 1 is 1.53 bits per heavy atom. The van der Waals surface area contributed by atoms with Crippen LogP contribution in [0.4, 0.5) is 0 Å². The summed E-state index contributed by atoms with van der Waals surface area (Å²) >= 11 is 5.09. The lowest BCUT2D eigenvalue weighted by Gasteiger charge is -2.04. The molecule has 0 radical (unpaired) electrons. The predicted octanol–water partition coefficient (Wildman–Crippen LogP) is 0.878. The van der Waals surface area contributed by atoms with E-state index in [-0.39, 0.29) is 12.3 Å². The lowest BCUT2D eigenvalue weighted by molar-refractivity contribution is -0.118. The van der Waals surface area contributed by atoms with Crippen LogP contribution in [0.25, 0.3) is 11.5 Å². The molecule has 0 unspecified atom stereocenters. The third-order valence-corrected chi connectivity index (χ3v) is 2.55. The number of nitrogens with one attached hydrogen (secondary N) is 1. The van der Waals surface area contributed by atoms with Crippen molar-refractivity contribution < 1.29 is 4.79 Å². The molecule has 0 aliphatic rings. The molecule has 0 aromatic carbocycles. The highest BCUT2D eigenvalue weighted by molar-refractivity contribution is 7.71. The summed E-state index contributed by atoms with van der Waals surface area (Å²) in [6.45, 7) is 0.399. The van der Waals surface area contributed by atoms with Crippen LogP contribution in [-0.2, 0) is 11.3 Å². The van der Waals surface area contributed by atoms with Crippen molar-refractivity contribution in [3.05, 3.63) is 29.2 Å². The molecule has 2 aromatic heterocycles.